The van der Waals surface area contributed by atoms with Crippen LogP contribution in [0.4, 0.5) is 0 Å². The lowest BCUT2D eigenvalue weighted by Gasteiger charge is -2.05. The lowest BCUT2D eigenvalue weighted by Crippen LogP contribution is -2.07. The maximum absolute atomic E-state index is 11.6. The molecule has 0 N–H and O–H groups in total. The quantitative estimate of drug-likeness (QED) is 0.552. The molecule has 1 rings (SSSR count). The summed E-state index contributed by atoms with van der Waals surface area (Å²) in [4.78, 5) is 12.2. The summed E-state index contributed by atoms with van der Waals surface area (Å²) >= 11 is 5.05. The molecule has 0 bridgehead atoms. The molecule has 1 radical (unpaired) electrons. The van der Waals surface area contributed by atoms with E-state index in [2.05, 4.69) is 6.92 Å². The molecule has 0 aliphatic carbocycles. The molecule has 0 unspecified atom stereocenters. The molecule has 0 aliphatic rings. The highest BCUT2D eigenvalue weighted by Crippen LogP contribution is 2.14. The Morgan fingerprint density at radius 1 is 1.25 bits per heavy atom. The Bertz CT molecular complexity index is 336. The number of ether oxygens (including phenoxy) is 1. The predicted molar refractivity (Wildman–Crippen MR) is 66.7 cm³/mol. The van der Waals surface area contributed by atoms with E-state index in [4.69, 9.17) is 17.4 Å². The van der Waals surface area contributed by atoms with Gasteiger partial charge < -0.3 is 4.74 Å². The summed E-state index contributed by atoms with van der Waals surface area (Å²) in [5.41, 5.74) is 0.494. The topological polar surface area (TPSA) is 26.3 Å². The molecule has 0 spiro atoms. The van der Waals surface area contributed by atoms with E-state index in [1.54, 1.807) is 18.2 Å². The monoisotopic (exact) mass is 237 g/mol. The lowest BCUT2D eigenvalue weighted by molar-refractivity contribution is 0.0494. The highest BCUT2D eigenvalue weighted by Gasteiger charge is 2.09. The summed E-state index contributed by atoms with van der Waals surface area (Å²) in [7, 11) is 0. The summed E-state index contributed by atoms with van der Waals surface area (Å²) in [6, 6.07) is 7.06. The minimum atomic E-state index is -0.304. The molecule has 0 aromatic heterocycles. The van der Waals surface area contributed by atoms with Crippen molar-refractivity contribution in [1.29, 1.82) is 0 Å². The Morgan fingerprint density at radius 3 is 2.69 bits per heavy atom. The molecule has 3 heteroatoms. The van der Waals surface area contributed by atoms with Crippen molar-refractivity contribution >= 4 is 18.6 Å². The van der Waals surface area contributed by atoms with Gasteiger partial charge in [0.2, 0.25) is 0 Å². The zero-order valence-corrected chi connectivity index (χ0v) is 10.4. The largest absolute Gasteiger partial charge is 0.462 e. The van der Waals surface area contributed by atoms with E-state index in [1.165, 1.54) is 12.8 Å². The van der Waals surface area contributed by atoms with Gasteiger partial charge in [-0.2, -0.15) is 0 Å². The molecule has 0 fully saturated rings. The number of hydrogen-bond acceptors (Lipinski definition) is 2. The number of esters is 1. The standard InChI is InChI=1S/C13H17O2S/c1-2-3-4-7-10-15-13(14)11-8-5-6-9-12(11)16/h5-6,8-9H,2-4,7,10H2,1H3. The van der Waals surface area contributed by atoms with Gasteiger partial charge in [0.25, 0.3) is 0 Å². The molecule has 0 saturated carbocycles. The fraction of sp³-hybridized carbons (Fsp3) is 0.462. The van der Waals surface area contributed by atoms with Gasteiger partial charge in [0.1, 0.15) is 0 Å². The van der Waals surface area contributed by atoms with E-state index in [0.29, 0.717) is 17.1 Å². The second kappa shape index (κ2) is 7.23. The fourth-order valence-corrected chi connectivity index (χ4v) is 1.64. The number of unbranched alkanes of at least 4 members (excludes halogenated alkanes) is 3. The molecule has 1 aromatic rings. The molecule has 16 heavy (non-hydrogen) atoms. The highest BCUT2D eigenvalue weighted by molar-refractivity contribution is 7.80. The van der Waals surface area contributed by atoms with Gasteiger partial charge in [-0.15, -0.1) is 0 Å². The Balaban J connectivity index is 2.33. The number of benzene rings is 1. The first-order valence-electron chi connectivity index (χ1n) is 5.69. The Labute approximate surface area is 102 Å². The van der Waals surface area contributed by atoms with Crippen molar-refractivity contribution in [1.82, 2.24) is 0 Å². The van der Waals surface area contributed by atoms with Crippen LogP contribution in [0.2, 0.25) is 0 Å². The molecule has 0 atom stereocenters. The van der Waals surface area contributed by atoms with Gasteiger partial charge in [0.15, 0.2) is 0 Å². The normalized spacial score (nSPS) is 10.1. The van der Waals surface area contributed by atoms with E-state index < -0.39 is 0 Å². The average Bonchev–Trinajstić information content (AvgIpc) is 2.29. The first kappa shape index (κ1) is 13.0. The van der Waals surface area contributed by atoms with Crippen LogP contribution < -0.4 is 0 Å². The predicted octanol–water partition coefficient (Wildman–Crippen LogP) is 3.98. The van der Waals surface area contributed by atoms with Gasteiger partial charge >= 0.3 is 5.97 Å². The SMILES string of the molecule is CCCCCCOC(=O)c1ccccc1[S]. The molecule has 1 aromatic carbocycles. The Morgan fingerprint density at radius 2 is 2.00 bits per heavy atom. The van der Waals surface area contributed by atoms with Crippen LogP contribution in [0.3, 0.4) is 0 Å². The fourth-order valence-electron chi connectivity index (χ4n) is 1.41. The summed E-state index contributed by atoms with van der Waals surface area (Å²) in [6.45, 7) is 2.64. The molecule has 2 nitrogen and oxygen atoms in total. The van der Waals surface area contributed by atoms with Crippen molar-refractivity contribution in [2.45, 2.75) is 37.5 Å². The molecular weight excluding hydrogens is 220 g/mol. The van der Waals surface area contributed by atoms with Crippen molar-refractivity contribution in [2.75, 3.05) is 6.61 Å². The smallest absolute Gasteiger partial charge is 0.339 e. The van der Waals surface area contributed by atoms with Gasteiger partial charge in [-0.25, -0.2) is 4.79 Å². The van der Waals surface area contributed by atoms with Gasteiger partial charge in [0, 0.05) is 0 Å². The zero-order chi connectivity index (χ0) is 11.8. The molecular formula is C13H17O2S. The number of rotatable bonds is 6. The maximum atomic E-state index is 11.6. The summed E-state index contributed by atoms with van der Waals surface area (Å²) < 4.78 is 5.15. The highest BCUT2D eigenvalue weighted by atomic mass is 32.1. The van der Waals surface area contributed by atoms with Gasteiger partial charge in [-0.3, -0.25) is 0 Å². The van der Waals surface area contributed by atoms with E-state index in [-0.39, 0.29) is 5.97 Å². The van der Waals surface area contributed by atoms with Crippen LogP contribution in [0.5, 0.6) is 0 Å². The third kappa shape index (κ3) is 4.19. The first-order chi connectivity index (χ1) is 7.75. The third-order valence-electron chi connectivity index (χ3n) is 2.34. The third-order valence-corrected chi connectivity index (χ3v) is 2.69. The van der Waals surface area contributed by atoms with E-state index in [9.17, 15) is 4.79 Å². The minimum Gasteiger partial charge on any atom is -0.462 e. The molecule has 0 aliphatic heterocycles. The van der Waals surface area contributed by atoms with Gasteiger partial charge in [-0.05, 0) is 18.6 Å². The van der Waals surface area contributed by atoms with Crippen LogP contribution in [0.1, 0.15) is 43.0 Å². The second-order valence-corrected chi connectivity index (χ2v) is 4.13. The van der Waals surface area contributed by atoms with Crippen molar-refractivity contribution in [3.05, 3.63) is 29.8 Å². The van der Waals surface area contributed by atoms with Crippen LogP contribution >= 0.6 is 12.6 Å². The van der Waals surface area contributed by atoms with Gasteiger partial charge in [-0.1, -0.05) is 50.9 Å². The second-order valence-electron chi connectivity index (χ2n) is 3.69. The first-order valence-corrected chi connectivity index (χ1v) is 6.09. The van der Waals surface area contributed by atoms with Crippen molar-refractivity contribution in [3.63, 3.8) is 0 Å². The zero-order valence-electron chi connectivity index (χ0n) is 9.57. The van der Waals surface area contributed by atoms with E-state index in [0.717, 1.165) is 12.8 Å². The van der Waals surface area contributed by atoms with E-state index >= 15 is 0 Å². The summed E-state index contributed by atoms with van der Waals surface area (Å²) in [5.74, 6) is -0.304. The molecule has 87 valence electrons. The number of carbonyl (C=O) groups is 1. The van der Waals surface area contributed by atoms with E-state index in [1.807, 2.05) is 6.07 Å². The molecule has 0 amide bonds. The maximum Gasteiger partial charge on any atom is 0.339 e. The Hall–Kier alpha value is -1.09. The van der Waals surface area contributed by atoms with Gasteiger partial charge in [0.05, 0.1) is 17.1 Å². The van der Waals surface area contributed by atoms with Crippen molar-refractivity contribution in [2.24, 2.45) is 0 Å². The summed E-state index contributed by atoms with van der Waals surface area (Å²) in [5, 5.41) is 0. The lowest BCUT2D eigenvalue weighted by atomic mass is 10.2. The van der Waals surface area contributed by atoms with Crippen LogP contribution in [0.25, 0.3) is 0 Å². The van der Waals surface area contributed by atoms with Crippen LogP contribution in [-0.4, -0.2) is 12.6 Å². The van der Waals surface area contributed by atoms with Crippen LogP contribution in [0.15, 0.2) is 29.2 Å². The van der Waals surface area contributed by atoms with Crippen molar-refractivity contribution < 1.29 is 9.53 Å². The number of carbonyl (C=O) groups excluding carboxylic acids is 1. The summed E-state index contributed by atoms with van der Waals surface area (Å²) in [6.07, 6.45) is 4.41. The van der Waals surface area contributed by atoms with Crippen LogP contribution in [0, 0.1) is 0 Å². The minimum absolute atomic E-state index is 0.304. The van der Waals surface area contributed by atoms with Crippen molar-refractivity contribution in [3.8, 4) is 0 Å². The average molecular weight is 237 g/mol. The van der Waals surface area contributed by atoms with Crippen LogP contribution in [-0.2, 0) is 4.74 Å². The molecule has 0 heterocycles. The Kier molecular flexibility index (Phi) is 5.86. The number of hydrogen-bond donors (Lipinski definition) is 0. The molecule has 0 saturated heterocycles.